The zero-order valence-corrected chi connectivity index (χ0v) is 18.6. The van der Waals surface area contributed by atoms with Crippen LogP contribution in [0, 0.1) is 0 Å². The average Bonchev–Trinajstić information content (AvgIpc) is 3.18. The molecule has 9 heteroatoms. The molecule has 1 amide bonds. The SMILES string of the molecule is CCNC(=NCc1cccc(OCC(N)=O)c1)NCCCOC1CCOC1.I. The highest BCUT2D eigenvalue weighted by molar-refractivity contribution is 14.0. The molecular formula is C19H31IN4O4. The number of nitrogens with one attached hydrogen (secondary N) is 2. The van der Waals surface area contributed by atoms with Crippen LogP contribution in [-0.2, 0) is 20.8 Å². The number of nitrogens with two attached hydrogens (primary N) is 1. The fraction of sp³-hybridized carbons (Fsp3) is 0.579. The van der Waals surface area contributed by atoms with Crippen molar-refractivity contribution < 1.29 is 19.0 Å². The van der Waals surface area contributed by atoms with Crippen LogP contribution >= 0.6 is 24.0 Å². The van der Waals surface area contributed by atoms with Crippen LogP contribution < -0.4 is 21.1 Å². The van der Waals surface area contributed by atoms with E-state index in [2.05, 4.69) is 15.6 Å². The van der Waals surface area contributed by atoms with Gasteiger partial charge in [0, 0.05) is 26.3 Å². The molecule has 0 radical (unpaired) electrons. The summed E-state index contributed by atoms with van der Waals surface area (Å²) in [6, 6.07) is 7.47. The number of benzene rings is 1. The second-order valence-corrected chi connectivity index (χ2v) is 6.23. The van der Waals surface area contributed by atoms with Crippen molar-refractivity contribution in [2.24, 2.45) is 10.7 Å². The lowest BCUT2D eigenvalue weighted by Crippen LogP contribution is -2.38. The van der Waals surface area contributed by atoms with Crippen LogP contribution in [0.25, 0.3) is 0 Å². The molecule has 28 heavy (non-hydrogen) atoms. The van der Waals surface area contributed by atoms with Crippen molar-refractivity contribution in [3.8, 4) is 5.75 Å². The number of aliphatic imine (C=N–C) groups is 1. The average molecular weight is 506 g/mol. The molecule has 2 rings (SSSR count). The third kappa shape index (κ3) is 10.1. The van der Waals surface area contributed by atoms with E-state index in [0.29, 0.717) is 25.5 Å². The van der Waals surface area contributed by atoms with Crippen LogP contribution in [0.15, 0.2) is 29.3 Å². The Hall–Kier alpha value is -1.59. The van der Waals surface area contributed by atoms with Crippen molar-refractivity contribution in [3.05, 3.63) is 29.8 Å². The van der Waals surface area contributed by atoms with Gasteiger partial charge in [-0.05, 0) is 37.5 Å². The Balaban J connectivity index is 0.00000392. The van der Waals surface area contributed by atoms with Crippen molar-refractivity contribution in [2.45, 2.75) is 32.4 Å². The van der Waals surface area contributed by atoms with Crippen LogP contribution in [0.4, 0.5) is 0 Å². The van der Waals surface area contributed by atoms with Gasteiger partial charge in [-0.1, -0.05) is 12.1 Å². The molecule has 1 unspecified atom stereocenters. The van der Waals surface area contributed by atoms with Crippen molar-refractivity contribution in [1.82, 2.24) is 10.6 Å². The van der Waals surface area contributed by atoms with E-state index in [9.17, 15) is 4.79 Å². The van der Waals surface area contributed by atoms with E-state index in [4.69, 9.17) is 19.9 Å². The second-order valence-electron chi connectivity index (χ2n) is 6.23. The first kappa shape index (κ1) is 24.4. The minimum Gasteiger partial charge on any atom is -0.484 e. The molecule has 0 bridgehead atoms. The Labute approximate surface area is 183 Å². The fourth-order valence-electron chi connectivity index (χ4n) is 2.57. The summed E-state index contributed by atoms with van der Waals surface area (Å²) in [7, 11) is 0. The molecule has 0 aromatic heterocycles. The number of nitrogens with zero attached hydrogens (tertiary/aromatic N) is 1. The van der Waals surface area contributed by atoms with Gasteiger partial charge in [-0.15, -0.1) is 24.0 Å². The summed E-state index contributed by atoms with van der Waals surface area (Å²) in [4.78, 5) is 15.4. The van der Waals surface area contributed by atoms with Gasteiger partial charge < -0.3 is 30.6 Å². The Morgan fingerprint density at radius 2 is 2.25 bits per heavy atom. The number of ether oxygens (including phenoxy) is 3. The van der Waals surface area contributed by atoms with E-state index >= 15 is 0 Å². The summed E-state index contributed by atoms with van der Waals surface area (Å²) in [5, 5.41) is 6.53. The van der Waals surface area contributed by atoms with Gasteiger partial charge in [-0.3, -0.25) is 4.79 Å². The van der Waals surface area contributed by atoms with Crippen LogP contribution in [0.5, 0.6) is 5.75 Å². The largest absolute Gasteiger partial charge is 0.484 e. The first-order valence-corrected chi connectivity index (χ1v) is 9.39. The topological polar surface area (TPSA) is 107 Å². The number of halogens is 1. The molecule has 8 nitrogen and oxygen atoms in total. The first-order chi connectivity index (χ1) is 13.2. The summed E-state index contributed by atoms with van der Waals surface area (Å²) in [6.07, 6.45) is 2.13. The molecule has 1 aliphatic rings. The van der Waals surface area contributed by atoms with Crippen molar-refractivity contribution in [1.29, 1.82) is 0 Å². The Bertz CT molecular complexity index is 609. The molecular weight excluding hydrogens is 475 g/mol. The summed E-state index contributed by atoms with van der Waals surface area (Å²) >= 11 is 0. The molecule has 4 N–H and O–H groups in total. The van der Waals surface area contributed by atoms with Gasteiger partial charge >= 0.3 is 0 Å². The minimum atomic E-state index is -0.499. The molecule has 1 heterocycles. The van der Waals surface area contributed by atoms with E-state index in [1.54, 1.807) is 6.07 Å². The van der Waals surface area contributed by atoms with Crippen LogP contribution in [0.2, 0.25) is 0 Å². The molecule has 1 saturated heterocycles. The molecule has 0 saturated carbocycles. The van der Waals surface area contributed by atoms with Crippen molar-refractivity contribution >= 4 is 35.8 Å². The van der Waals surface area contributed by atoms with Crippen LogP contribution in [-0.4, -0.2) is 57.5 Å². The Morgan fingerprint density at radius 1 is 1.39 bits per heavy atom. The number of rotatable bonds is 11. The number of primary amides is 1. The number of hydrogen-bond acceptors (Lipinski definition) is 5. The number of carbonyl (C=O) groups excluding carboxylic acids is 1. The molecule has 1 aliphatic heterocycles. The lowest BCUT2D eigenvalue weighted by molar-refractivity contribution is -0.119. The lowest BCUT2D eigenvalue weighted by Gasteiger charge is -2.13. The van der Waals surface area contributed by atoms with Gasteiger partial charge in [0.1, 0.15) is 5.75 Å². The van der Waals surface area contributed by atoms with E-state index in [0.717, 1.165) is 44.1 Å². The quantitative estimate of drug-likeness (QED) is 0.182. The van der Waals surface area contributed by atoms with Gasteiger partial charge in [0.2, 0.25) is 0 Å². The van der Waals surface area contributed by atoms with Gasteiger partial charge in [-0.2, -0.15) is 0 Å². The summed E-state index contributed by atoms with van der Waals surface area (Å²) in [6.45, 7) is 6.17. The van der Waals surface area contributed by atoms with Crippen molar-refractivity contribution in [3.63, 3.8) is 0 Å². The Morgan fingerprint density at radius 3 is 2.96 bits per heavy atom. The molecule has 0 spiro atoms. The van der Waals surface area contributed by atoms with E-state index in [1.165, 1.54) is 0 Å². The predicted molar refractivity (Wildman–Crippen MR) is 119 cm³/mol. The van der Waals surface area contributed by atoms with Crippen molar-refractivity contribution in [2.75, 3.05) is 39.5 Å². The summed E-state index contributed by atoms with van der Waals surface area (Å²) in [5.41, 5.74) is 6.08. The molecule has 158 valence electrons. The second kappa shape index (κ2) is 14.4. The lowest BCUT2D eigenvalue weighted by atomic mass is 10.2. The zero-order valence-electron chi connectivity index (χ0n) is 16.3. The molecule has 1 aromatic carbocycles. The third-order valence-corrected chi connectivity index (χ3v) is 3.90. The zero-order chi connectivity index (χ0) is 19.3. The third-order valence-electron chi connectivity index (χ3n) is 3.90. The maximum atomic E-state index is 10.8. The summed E-state index contributed by atoms with van der Waals surface area (Å²) in [5.74, 6) is 0.860. The molecule has 1 fully saturated rings. The minimum absolute atomic E-state index is 0. The maximum absolute atomic E-state index is 10.8. The Kier molecular flexibility index (Phi) is 12.6. The van der Waals surface area contributed by atoms with E-state index in [1.807, 2.05) is 25.1 Å². The number of carbonyl (C=O) groups is 1. The molecule has 1 aromatic rings. The molecule has 1 atom stereocenters. The van der Waals surface area contributed by atoms with Gasteiger partial charge in [0.25, 0.3) is 5.91 Å². The number of guanidine groups is 1. The maximum Gasteiger partial charge on any atom is 0.255 e. The highest BCUT2D eigenvalue weighted by Crippen LogP contribution is 2.14. The number of amides is 1. The van der Waals surface area contributed by atoms with Crippen LogP contribution in [0.1, 0.15) is 25.3 Å². The standard InChI is InChI=1S/C19H30N4O4.HI/c1-2-21-19(22-8-4-9-26-17-7-10-25-13-17)23-12-15-5-3-6-16(11-15)27-14-18(20)24;/h3,5-6,11,17H,2,4,7-10,12-14H2,1H3,(H2,20,24)(H2,21,22,23);1H. The van der Waals surface area contributed by atoms with E-state index < -0.39 is 5.91 Å². The van der Waals surface area contributed by atoms with E-state index in [-0.39, 0.29) is 36.7 Å². The number of hydrogen-bond donors (Lipinski definition) is 3. The highest BCUT2D eigenvalue weighted by atomic mass is 127. The first-order valence-electron chi connectivity index (χ1n) is 9.39. The predicted octanol–water partition coefficient (Wildman–Crippen LogP) is 1.42. The fourth-order valence-corrected chi connectivity index (χ4v) is 2.57. The highest BCUT2D eigenvalue weighted by Gasteiger charge is 2.15. The van der Waals surface area contributed by atoms with Gasteiger partial charge in [-0.25, -0.2) is 4.99 Å². The summed E-state index contributed by atoms with van der Waals surface area (Å²) < 4.78 is 16.4. The van der Waals surface area contributed by atoms with Gasteiger partial charge in [0.15, 0.2) is 12.6 Å². The van der Waals surface area contributed by atoms with Gasteiger partial charge in [0.05, 0.1) is 19.3 Å². The van der Waals surface area contributed by atoms with Crippen LogP contribution in [0.3, 0.4) is 0 Å². The monoisotopic (exact) mass is 506 g/mol. The molecule has 0 aliphatic carbocycles. The smallest absolute Gasteiger partial charge is 0.255 e. The normalized spacial score (nSPS) is 16.3.